The first-order valence-corrected chi connectivity index (χ1v) is 16.1. The van der Waals surface area contributed by atoms with Crippen molar-refractivity contribution < 1.29 is 18.0 Å². The van der Waals surface area contributed by atoms with Gasteiger partial charge in [-0.1, -0.05) is 73.3 Å². The van der Waals surface area contributed by atoms with Crippen LogP contribution in [0.5, 0.6) is 0 Å². The van der Waals surface area contributed by atoms with E-state index in [1.165, 1.54) is 0 Å². The van der Waals surface area contributed by atoms with Gasteiger partial charge in [0.25, 0.3) is 0 Å². The molecule has 2 aliphatic rings. The summed E-state index contributed by atoms with van der Waals surface area (Å²) in [7, 11) is -2.16. The summed E-state index contributed by atoms with van der Waals surface area (Å²) in [5.74, 6) is -0.701. The number of amides is 2. The van der Waals surface area contributed by atoms with Crippen LogP contribution in [-0.4, -0.2) is 55.8 Å². The van der Waals surface area contributed by atoms with Gasteiger partial charge in [0.1, 0.15) is 6.04 Å². The van der Waals surface area contributed by atoms with Crippen LogP contribution in [0.25, 0.3) is 4.91 Å². The predicted octanol–water partition coefficient (Wildman–Crippen LogP) is 4.39. The number of rotatable bonds is 10. The van der Waals surface area contributed by atoms with Crippen LogP contribution in [0.4, 0.5) is 0 Å². The Bertz CT molecular complexity index is 1380. The molecule has 1 atom stereocenters. The van der Waals surface area contributed by atoms with Crippen molar-refractivity contribution in [3.8, 4) is 0 Å². The van der Waals surface area contributed by atoms with Crippen LogP contribution in [0.3, 0.4) is 0 Å². The van der Waals surface area contributed by atoms with Crippen molar-refractivity contribution in [3.05, 3.63) is 76.3 Å². The number of nitrogens with two attached hydrogens (primary N) is 1. The molecule has 1 heterocycles. The van der Waals surface area contributed by atoms with Gasteiger partial charge in [0.2, 0.25) is 21.8 Å². The van der Waals surface area contributed by atoms with Crippen LogP contribution in [0.2, 0.25) is 5.02 Å². The number of nitrogens with zero attached hydrogens (tertiary/aromatic N) is 1. The molecule has 10 heteroatoms. The Morgan fingerprint density at radius 1 is 1.07 bits per heavy atom. The van der Waals surface area contributed by atoms with Gasteiger partial charge in [-0.05, 0) is 74.8 Å². The number of carbonyl (C=O) groups excluding carboxylic acids is 2. The minimum atomic E-state index is -3.82. The summed E-state index contributed by atoms with van der Waals surface area (Å²) in [6.45, 7) is 3.31. The number of sulfonamides is 1. The van der Waals surface area contributed by atoms with E-state index in [1.807, 2.05) is 30.3 Å². The number of benzene rings is 2. The Morgan fingerprint density at radius 2 is 1.71 bits per heavy atom. The van der Waals surface area contributed by atoms with Crippen LogP contribution in [0, 0.1) is 0 Å². The third-order valence-corrected chi connectivity index (χ3v) is 9.96. The minimum Gasteiger partial charge on any atom is -0.343 e. The van der Waals surface area contributed by atoms with E-state index in [9.17, 15) is 18.0 Å². The maximum absolute atomic E-state index is 13.9. The maximum atomic E-state index is 13.9. The zero-order valence-electron chi connectivity index (χ0n) is 24.1. The van der Waals surface area contributed by atoms with Gasteiger partial charge >= 0.3 is 0 Å². The monoisotopic (exact) mass is 600 g/mol. The van der Waals surface area contributed by atoms with Crippen LogP contribution >= 0.6 is 11.6 Å². The van der Waals surface area contributed by atoms with Crippen molar-refractivity contribution in [1.29, 1.82) is 0 Å². The molecule has 0 bridgehead atoms. The number of likely N-dealkylation sites (N-methyl/N-ethyl adjacent to an activating group) is 1. The molecule has 0 radical (unpaired) electrons. The Kier molecular flexibility index (Phi) is 9.63. The Labute approximate surface area is 248 Å². The lowest BCUT2D eigenvalue weighted by Gasteiger charge is -2.37. The molecule has 41 heavy (non-hydrogen) atoms. The largest absolute Gasteiger partial charge is 0.343 e. The smallest absolute Gasteiger partial charge is 0.245 e. The van der Waals surface area contributed by atoms with Crippen molar-refractivity contribution >= 4 is 38.3 Å². The fourth-order valence-electron chi connectivity index (χ4n) is 5.80. The molecule has 0 saturated heterocycles. The standard InChI is InChI=1S/C31H41ClN4O4S/c1-30(2,33)29(38)34-26(14-10-13-22-11-6-4-7-12-22)28(37)36(3)21-25-27(23-15-17-24(32)18-16-23)41(39,40)35-31(25)19-8-5-9-20-31/h4,6-7,11-12,15-18,26,35H,5,8-10,13-14,19-21,33H2,1-3H3,(H,34,38)/t26-/m1/s1. The summed E-state index contributed by atoms with van der Waals surface area (Å²) in [5, 5.41) is 3.38. The molecular weight excluding hydrogens is 560 g/mol. The summed E-state index contributed by atoms with van der Waals surface area (Å²) in [5.41, 5.74) is 6.52. The lowest BCUT2D eigenvalue weighted by molar-refractivity contribution is -0.136. The molecule has 1 fully saturated rings. The van der Waals surface area contributed by atoms with E-state index < -0.39 is 33.1 Å². The average Bonchev–Trinajstić information content (AvgIpc) is 3.13. The summed E-state index contributed by atoms with van der Waals surface area (Å²) in [6.07, 6.45) is 6.00. The van der Waals surface area contributed by atoms with E-state index in [1.54, 1.807) is 50.1 Å². The summed E-state index contributed by atoms with van der Waals surface area (Å²) < 4.78 is 30.1. The lowest BCUT2D eigenvalue weighted by atomic mass is 9.76. The highest BCUT2D eigenvalue weighted by Crippen LogP contribution is 2.45. The van der Waals surface area contributed by atoms with E-state index in [0.717, 1.165) is 31.2 Å². The molecule has 1 saturated carbocycles. The van der Waals surface area contributed by atoms with Gasteiger partial charge in [0.05, 0.1) is 16.0 Å². The third kappa shape index (κ3) is 7.38. The summed E-state index contributed by atoms with van der Waals surface area (Å²) in [4.78, 5) is 28.5. The van der Waals surface area contributed by atoms with E-state index in [-0.39, 0.29) is 17.4 Å². The number of hydrogen-bond acceptors (Lipinski definition) is 5. The van der Waals surface area contributed by atoms with Crippen molar-refractivity contribution in [2.45, 2.75) is 82.3 Å². The highest BCUT2D eigenvalue weighted by atomic mass is 35.5. The minimum absolute atomic E-state index is 0.111. The van der Waals surface area contributed by atoms with Crippen LogP contribution in [-0.2, 0) is 26.0 Å². The molecule has 1 spiro atoms. The molecule has 4 N–H and O–H groups in total. The summed E-state index contributed by atoms with van der Waals surface area (Å²) in [6, 6.07) is 15.9. The van der Waals surface area contributed by atoms with E-state index in [4.69, 9.17) is 17.3 Å². The number of aryl methyl sites for hydroxylation is 1. The van der Waals surface area contributed by atoms with Gasteiger partial charge in [-0.25, -0.2) is 13.1 Å². The Balaban J connectivity index is 1.64. The summed E-state index contributed by atoms with van der Waals surface area (Å²) >= 11 is 6.11. The van der Waals surface area contributed by atoms with Crippen LogP contribution in [0.1, 0.15) is 69.9 Å². The first kappa shape index (κ1) is 31.2. The van der Waals surface area contributed by atoms with Gasteiger partial charge in [-0.3, -0.25) is 9.59 Å². The predicted molar refractivity (Wildman–Crippen MR) is 163 cm³/mol. The number of nitrogens with one attached hydrogen (secondary N) is 2. The highest BCUT2D eigenvalue weighted by Gasteiger charge is 2.49. The normalized spacial score (nSPS) is 18.8. The zero-order valence-corrected chi connectivity index (χ0v) is 25.7. The zero-order chi connectivity index (χ0) is 29.8. The van der Waals surface area contributed by atoms with Gasteiger partial charge in [-0.2, -0.15) is 0 Å². The molecule has 1 aliphatic heterocycles. The first-order valence-electron chi connectivity index (χ1n) is 14.2. The molecule has 2 amide bonds. The first-order chi connectivity index (χ1) is 19.3. The fraction of sp³-hybridized carbons (Fsp3) is 0.484. The van der Waals surface area contributed by atoms with E-state index in [2.05, 4.69) is 10.0 Å². The highest BCUT2D eigenvalue weighted by molar-refractivity contribution is 7.99. The van der Waals surface area contributed by atoms with Crippen molar-refractivity contribution in [2.75, 3.05) is 13.6 Å². The Hall–Kier alpha value is -2.72. The maximum Gasteiger partial charge on any atom is 0.245 e. The van der Waals surface area contributed by atoms with Gasteiger partial charge in [0, 0.05) is 18.6 Å². The second-order valence-corrected chi connectivity index (χ2v) is 13.9. The van der Waals surface area contributed by atoms with Crippen LogP contribution < -0.4 is 15.8 Å². The molecule has 8 nitrogen and oxygen atoms in total. The molecule has 0 aromatic heterocycles. The van der Waals surface area contributed by atoms with E-state index >= 15 is 0 Å². The van der Waals surface area contributed by atoms with E-state index in [0.29, 0.717) is 41.8 Å². The Morgan fingerprint density at radius 3 is 2.32 bits per heavy atom. The number of hydrogen-bond donors (Lipinski definition) is 3. The molecule has 2 aromatic rings. The molecular formula is C31H41ClN4O4S. The fourth-order valence-corrected chi connectivity index (χ4v) is 7.90. The molecule has 0 unspecified atom stereocenters. The third-order valence-electron chi connectivity index (χ3n) is 8.02. The van der Waals surface area contributed by atoms with Gasteiger partial charge in [-0.15, -0.1) is 0 Å². The topological polar surface area (TPSA) is 122 Å². The number of carbonyl (C=O) groups is 2. The number of halogens is 1. The van der Waals surface area contributed by atoms with Crippen molar-refractivity contribution in [2.24, 2.45) is 5.73 Å². The van der Waals surface area contributed by atoms with Crippen LogP contribution in [0.15, 0.2) is 60.2 Å². The average molecular weight is 601 g/mol. The SMILES string of the molecule is CN(CC1=C(c2ccc(Cl)cc2)S(=O)(=O)NC12CCCCC2)C(=O)[C@@H](CCCc1ccccc1)NC(=O)C(C)(C)N. The quantitative estimate of drug-likeness (QED) is 0.373. The second kappa shape index (κ2) is 12.7. The van der Waals surface area contributed by atoms with Crippen molar-refractivity contribution in [1.82, 2.24) is 14.9 Å². The molecule has 222 valence electrons. The molecule has 1 aliphatic carbocycles. The van der Waals surface area contributed by atoms with Crippen molar-refractivity contribution in [3.63, 3.8) is 0 Å². The lowest BCUT2D eigenvalue weighted by Crippen LogP contribution is -2.56. The molecule has 2 aromatic carbocycles. The van der Waals surface area contributed by atoms with Gasteiger partial charge < -0.3 is 16.0 Å². The van der Waals surface area contributed by atoms with Gasteiger partial charge in [0.15, 0.2) is 0 Å². The molecule has 4 rings (SSSR count). The second-order valence-electron chi connectivity index (χ2n) is 11.9.